The van der Waals surface area contributed by atoms with Gasteiger partial charge in [0.15, 0.2) is 0 Å². The minimum absolute atomic E-state index is 0.214. The monoisotopic (exact) mass is 386 g/mol. The Labute approximate surface area is 152 Å². The summed E-state index contributed by atoms with van der Waals surface area (Å²) in [5, 5.41) is 9.78. The number of carboxylic acid groups (broad SMARTS) is 1. The summed E-state index contributed by atoms with van der Waals surface area (Å²) in [7, 11) is -1.06. The summed E-state index contributed by atoms with van der Waals surface area (Å²) in [5.41, 5.74) is 0.364. The quantitative estimate of drug-likeness (QED) is 0.749. The summed E-state index contributed by atoms with van der Waals surface area (Å²) < 4.78 is 35.5. The number of methoxy groups -OCH3 is 2. The molecule has 10 heteroatoms. The lowest BCUT2D eigenvalue weighted by Crippen LogP contribution is -2.61. The predicted octanol–water partition coefficient (Wildman–Crippen LogP) is 0.322. The van der Waals surface area contributed by atoms with Crippen molar-refractivity contribution in [3.63, 3.8) is 0 Å². The second-order valence-corrected chi connectivity index (χ2v) is 7.76. The van der Waals surface area contributed by atoms with Crippen molar-refractivity contribution in [2.45, 2.75) is 19.0 Å². The van der Waals surface area contributed by atoms with E-state index in [4.69, 9.17) is 9.47 Å². The second kappa shape index (κ2) is 7.50. The Kier molecular flexibility index (Phi) is 5.77. The molecule has 1 fully saturated rings. The largest absolute Gasteiger partial charge is 0.497 e. The van der Waals surface area contributed by atoms with Crippen molar-refractivity contribution in [3.05, 3.63) is 23.8 Å². The molecule has 1 aromatic rings. The van der Waals surface area contributed by atoms with Crippen LogP contribution in [0.4, 0.5) is 0 Å². The number of piperazine rings is 1. The zero-order chi connectivity index (χ0) is 19.6. The van der Waals surface area contributed by atoms with E-state index >= 15 is 0 Å². The van der Waals surface area contributed by atoms with Gasteiger partial charge in [0.25, 0.3) is 0 Å². The smallest absolute Gasteiger partial charge is 0.324 e. The summed E-state index contributed by atoms with van der Waals surface area (Å²) >= 11 is 0. The molecule has 1 heterocycles. The van der Waals surface area contributed by atoms with Crippen molar-refractivity contribution in [3.8, 4) is 11.5 Å². The van der Waals surface area contributed by atoms with Crippen LogP contribution < -0.4 is 9.47 Å². The molecule has 1 aliphatic rings. The lowest BCUT2D eigenvalue weighted by atomic mass is 9.94. The summed E-state index contributed by atoms with van der Waals surface area (Å²) in [6, 6.07) is 2.24. The van der Waals surface area contributed by atoms with E-state index in [0.717, 1.165) is 6.26 Å². The van der Waals surface area contributed by atoms with E-state index in [2.05, 4.69) is 0 Å². The van der Waals surface area contributed by atoms with E-state index in [1.54, 1.807) is 25.1 Å². The summed E-state index contributed by atoms with van der Waals surface area (Å²) in [6.07, 6.45) is 0.887. The number of carbonyl (C=O) groups excluding carboxylic acids is 1. The fourth-order valence-electron chi connectivity index (χ4n) is 3.17. The lowest BCUT2D eigenvalue weighted by Gasteiger charge is -2.44. The van der Waals surface area contributed by atoms with Crippen LogP contribution in [0, 0.1) is 0 Å². The van der Waals surface area contributed by atoms with Gasteiger partial charge in [-0.3, -0.25) is 9.59 Å². The highest BCUT2D eigenvalue weighted by atomic mass is 32.2. The zero-order valence-corrected chi connectivity index (χ0v) is 15.8. The molecule has 2 rings (SSSR count). The number of amides is 1. The fourth-order valence-corrected chi connectivity index (χ4v) is 4.13. The number of benzene rings is 1. The minimum Gasteiger partial charge on any atom is -0.497 e. The van der Waals surface area contributed by atoms with E-state index in [1.165, 1.54) is 19.1 Å². The van der Waals surface area contributed by atoms with Gasteiger partial charge in [0.2, 0.25) is 15.9 Å². The number of hydrogen-bond donors (Lipinski definition) is 1. The molecule has 9 nitrogen and oxygen atoms in total. The highest BCUT2D eigenvalue weighted by Crippen LogP contribution is 2.39. The third-order valence-electron chi connectivity index (χ3n) is 4.33. The van der Waals surface area contributed by atoms with Crippen LogP contribution in [0.3, 0.4) is 0 Å². The van der Waals surface area contributed by atoms with Gasteiger partial charge >= 0.3 is 5.97 Å². The Balaban J connectivity index is 2.73. The molecule has 144 valence electrons. The van der Waals surface area contributed by atoms with E-state index in [0.29, 0.717) is 21.4 Å². The van der Waals surface area contributed by atoms with Gasteiger partial charge in [0.05, 0.1) is 33.1 Å². The molecule has 0 aromatic heterocycles. The van der Waals surface area contributed by atoms with Crippen molar-refractivity contribution in [2.24, 2.45) is 0 Å². The molecule has 1 aromatic carbocycles. The van der Waals surface area contributed by atoms with Gasteiger partial charge in [-0.2, -0.15) is 4.31 Å². The maximum atomic E-state index is 12.5. The van der Waals surface area contributed by atoms with E-state index in [-0.39, 0.29) is 6.54 Å². The molecule has 26 heavy (non-hydrogen) atoms. The lowest BCUT2D eigenvalue weighted by molar-refractivity contribution is -0.152. The van der Waals surface area contributed by atoms with Crippen molar-refractivity contribution in [1.29, 1.82) is 0 Å². The molecule has 0 saturated carbocycles. The van der Waals surface area contributed by atoms with Crippen molar-refractivity contribution in [2.75, 3.05) is 33.6 Å². The zero-order valence-electron chi connectivity index (χ0n) is 15.0. The first kappa shape index (κ1) is 20.0. The third kappa shape index (κ3) is 3.61. The normalized spacial score (nSPS) is 21.5. The second-order valence-electron chi connectivity index (χ2n) is 5.82. The maximum Gasteiger partial charge on any atom is 0.324 e. The number of rotatable bonds is 6. The van der Waals surface area contributed by atoms with E-state index in [1.807, 2.05) is 0 Å². The van der Waals surface area contributed by atoms with Crippen LogP contribution in [-0.2, 0) is 19.6 Å². The van der Waals surface area contributed by atoms with Gasteiger partial charge in [-0.05, 0) is 25.1 Å². The van der Waals surface area contributed by atoms with Crippen LogP contribution in [-0.4, -0.2) is 74.2 Å². The average molecular weight is 386 g/mol. The number of sulfonamides is 1. The van der Waals surface area contributed by atoms with Crippen LogP contribution >= 0.6 is 0 Å². The van der Waals surface area contributed by atoms with Crippen LogP contribution in [0.2, 0.25) is 0 Å². The first-order chi connectivity index (χ1) is 12.1. The Bertz CT molecular complexity index is 809. The molecular weight excluding hydrogens is 364 g/mol. The molecule has 2 atom stereocenters. The van der Waals surface area contributed by atoms with Crippen LogP contribution in [0.15, 0.2) is 18.2 Å². The Morgan fingerprint density at radius 1 is 1.31 bits per heavy atom. The molecular formula is C16H22N2O7S. The van der Waals surface area contributed by atoms with Crippen molar-refractivity contribution >= 4 is 21.9 Å². The number of carbonyl (C=O) groups is 2. The van der Waals surface area contributed by atoms with Gasteiger partial charge in [0, 0.05) is 12.1 Å². The molecule has 0 radical (unpaired) electrons. The van der Waals surface area contributed by atoms with Gasteiger partial charge in [-0.1, -0.05) is 0 Å². The molecule has 1 saturated heterocycles. The molecule has 1 aliphatic heterocycles. The Morgan fingerprint density at radius 3 is 2.42 bits per heavy atom. The topological polar surface area (TPSA) is 113 Å². The summed E-state index contributed by atoms with van der Waals surface area (Å²) in [4.78, 5) is 25.9. The van der Waals surface area contributed by atoms with E-state index < -0.39 is 40.5 Å². The molecule has 0 bridgehead atoms. The molecule has 1 N–H and O–H groups in total. The van der Waals surface area contributed by atoms with Gasteiger partial charge in [-0.25, -0.2) is 8.42 Å². The number of nitrogens with zero attached hydrogens (tertiary/aromatic N) is 2. The molecule has 1 amide bonds. The minimum atomic E-state index is -3.93. The van der Waals surface area contributed by atoms with Crippen LogP contribution in [0.25, 0.3) is 0 Å². The SMILES string of the molecule is CCN1C(=O)CN(S(C)(=O)=O)[C@H](C(=O)O)[C@H]1c1cc(OC)ccc1OC. The number of hydrogen-bond acceptors (Lipinski definition) is 6. The number of aliphatic carboxylic acids is 1. The summed E-state index contributed by atoms with van der Waals surface area (Å²) in [6.45, 7) is 1.39. The fraction of sp³-hybridized carbons (Fsp3) is 0.500. The standard InChI is InChI=1S/C16H22N2O7S/c1-5-17-13(19)9-18(26(4,22)23)15(16(20)21)14(17)11-8-10(24-2)6-7-12(11)25-3/h6-8,14-15H,5,9H2,1-4H3,(H,20,21)/t14-,15+/m1/s1. The third-order valence-corrected chi connectivity index (χ3v) is 5.54. The van der Waals surface area contributed by atoms with Gasteiger partial charge < -0.3 is 19.5 Å². The first-order valence-corrected chi connectivity index (χ1v) is 9.71. The van der Waals surface area contributed by atoms with Crippen LogP contribution in [0.5, 0.6) is 11.5 Å². The Morgan fingerprint density at radius 2 is 1.96 bits per heavy atom. The van der Waals surface area contributed by atoms with Crippen molar-refractivity contribution < 1.29 is 32.6 Å². The Hall–Kier alpha value is -2.33. The van der Waals surface area contributed by atoms with E-state index in [9.17, 15) is 23.1 Å². The summed E-state index contributed by atoms with van der Waals surface area (Å²) in [5.74, 6) is -1.06. The molecule has 0 spiro atoms. The predicted molar refractivity (Wildman–Crippen MR) is 92.6 cm³/mol. The number of likely N-dealkylation sites (N-methyl/N-ethyl adjacent to an activating group) is 1. The van der Waals surface area contributed by atoms with Gasteiger partial charge in [0.1, 0.15) is 17.5 Å². The van der Waals surface area contributed by atoms with Crippen LogP contribution in [0.1, 0.15) is 18.5 Å². The number of carboxylic acids is 1. The maximum absolute atomic E-state index is 12.5. The number of ether oxygens (including phenoxy) is 2. The van der Waals surface area contributed by atoms with Crippen molar-refractivity contribution in [1.82, 2.24) is 9.21 Å². The highest BCUT2D eigenvalue weighted by Gasteiger charge is 2.49. The first-order valence-electron chi connectivity index (χ1n) is 7.86. The molecule has 0 aliphatic carbocycles. The highest BCUT2D eigenvalue weighted by molar-refractivity contribution is 7.88. The van der Waals surface area contributed by atoms with Gasteiger partial charge in [-0.15, -0.1) is 0 Å². The molecule has 0 unspecified atom stereocenters. The average Bonchev–Trinajstić information content (AvgIpc) is 2.58.